The molecule has 0 saturated carbocycles. The molecular weight excluding hydrogens is 219 g/mol. The third-order valence-corrected chi connectivity index (χ3v) is 2.45. The molecule has 0 saturated heterocycles. The van der Waals surface area contributed by atoms with E-state index in [-0.39, 0.29) is 5.82 Å². The van der Waals surface area contributed by atoms with Crippen LogP contribution in [0.1, 0.15) is 12.8 Å². The highest BCUT2D eigenvalue weighted by Crippen LogP contribution is 2.20. The highest BCUT2D eigenvalue weighted by molar-refractivity contribution is 5.55. The zero-order valence-electron chi connectivity index (χ0n) is 9.74. The van der Waals surface area contributed by atoms with Gasteiger partial charge in [-0.05, 0) is 30.8 Å². The smallest absolute Gasteiger partial charge is 0.196 e. The average Bonchev–Trinajstić information content (AvgIpc) is 2.79. The Kier molecular flexibility index (Phi) is 3.88. The molecule has 90 valence electrons. The lowest BCUT2D eigenvalue weighted by molar-refractivity contribution is 0.497. The van der Waals surface area contributed by atoms with Crippen LogP contribution < -0.4 is 5.32 Å². The van der Waals surface area contributed by atoms with Gasteiger partial charge in [0, 0.05) is 18.5 Å². The standard InChI is InChI=1S/C13H15FN2O/c1-2-15-8-7-13-16-9-12(17-13)10-3-5-11(14)6-4-10/h3-6,9,15H,2,7-8H2,1H3. The maximum Gasteiger partial charge on any atom is 0.196 e. The number of aromatic nitrogens is 1. The number of hydrogen-bond donors (Lipinski definition) is 1. The summed E-state index contributed by atoms with van der Waals surface area (Å²) in [6, 6.07) is 6.19. The summed E-state index contributed by atoms with van der Waals surface area (Å²) in [5.41, 5.74) is 0.841. The number of hydrogen-bond acceptors (Lipinski definition) is 3. The summed E-state index contributed by atoms with van der Waals surface area (Å²) in [5, 5.41) is 3.20. The predicted octanol–water partition coefficient (Wildman–Crippen LogP) is 2.63. The van der Waals surface area contributed by atoms with Crippen molar-refractivity contribution >= 4 is 0 Å². The summed E-state index contributed by atoms with van der Waals surface area (Å²) < 4.78 is 18.3. The first kappa shape index (κ1) is 11.8. The second-order valence-electron chi connectivity index (χ2n) is 3.73. The van der Waals surface area contributed by atoms with Gasteiger partial charge in [0.1, 0.15) is 5.82 Å². The van der Waals surface area contributed by atoms with Crippen molar-refractivity contribution in [1.29, 1.82) is 0 Å². The van der Waals surface area contributed by atoms with E-state index < -0.39 is 0 Å². The SMILES string of the molecule is CCNCCc1ncc(-c2ccc(F)cc2)o1. The molecule has 1 aromatic heterocycles. The minimum atomic E-state index is -0.249. The van der Waals surface area contributed by atoms with Crippen molar-refractivity contribution < 1.29 is 8.81 Å². The van der Waals surface area contributed by atoms with Crippen LogP contribution in [0.15, 0.2) is 34.9 Å². The summed E-state index contributed by atoms with van der Waals surface area (Å²) in [5.74, 6) is 1.13. The molecule has 2 rings (SSSR count). The number of benzene rings is 1. The van der Waals surface area contributed by atoms with Crippen LogP contribution in [0.3, 0.4) is 0 Å². The van der Waals surface area contributed by atoms with E-state index in [4.69, 9.17) is 4.42 Å². The zero-order valence-corrected chi connectivity index (χ0v) is 9.74. The molecule has 1 aromatic carbocycles. The Morgan fingerprint density at radius 2 is 2.06 bits per heavy atom. The quantitative estimate of drug-likeness (QED) is 0.808. The van der Waals surface area contributed by atoms with Gasteiger partial charge in [-0.2, -0.15) is 0 Å². The second kappa shape index (κ2) is 5.59. The topological polar surface area (TPSA) is 38.1 Å². The van der Waals surface area contributed by atoms with Crippen LogP contribution in [0.5, 0.6) is 0 Å². The molecule has 0 aliphatic rings. The fourth-order valence-electron chi connectivity index (χ4n) is 1.55. The summed E-state index contributed by atoms with van der Waals surface area (Å²) >= 11 is 0. The minimum absolute atomic E-state index is 0.249. The van der Waals surface area contributed by atoms with E-state index in [2.05, 4.69) is 17.2 Å². The highest BCUT2D eigenvalue weighted by Gasteiger charge is 2.05. The molecule has 0 spiro atoms. The molecule has 0 atom stereocenters. The van der Waals surface area contributed by atoms with E-state index >= 15 is 0 Å². The van der Waals surface area contributed by atoms with Crippen LogP contribution in [0.2, 0.25) is 0 Å². The molecule has 2 aromatic rings. The van der Waals surface area contributed by atoms with Crippen LogP contribution in [0.4, 0.5) is 4.39 Å². The van der Waals surface area contributed by atoms with Crippen LogP contribution in [-0.4, -0.2) is 18.1 Å². The van der Waals surface area contributed by atoms with Gasteiger partial charge in [-0.3, -0.25) is 0 Å². The number of halogens is 1. The Labute approximate surface area is 99.7 Å². The number of rotatable bonds is 5. The van der Waals surface area contributed by atoms with Crippen molar-refractivity contribution in [2.24, 2.45) is 0 Å². The van der Waals surface area contributed by atoms with Crippen molar-refractivity contribution in [2.45, 2.75) is 13.3 Å². The predicted molar refractivity (Wildman–Crippen MR) is 64.1 cm³/mol. The molecule has 0 unspecified atom stereocenters. The average molecular weight is 234 g/mol. The second-order valence-corrected chi connectivity index (χ2v) is 3.73. The maximum absolute atomic E-state index is 12.8. The van der Waals surface area contributed by atoms with Crippen molar-refractivity contribution in [2.75, 3.05) is 13.1 Å². The first-order valence-corrected chi connectivity index (χ1v) is 5.71. The molecule has 0 aliphatic heterocycles. The molecule has 1 heterocycles. The van der Waals surface area contributed by atoms with Gasteiger partial charge in [0.25, 0.3) is 0 Å². The van der Waals surface area contributed by atoms with E-state index in [1.165, 1.54) is 12.1 Å². The lowest BCUT2D eigenvalue weighted by Gasteiger charge is -1.97. The van der Waals surface area contributed by atoms with Gasteiger partial charge in [-0.15, -0.1) is 0 Å². The number of oxazole rings is 1. The molecule has 3 nitrogen and oxygen atoms in total. The van der Waals surface area contributed by atoms with Gasteiger partial charge in [-0.25, -0.2) is 9.37 Å². The Balaban J connectivity index is 2.04. The maximum atomic E-state index is 12.8. The molecule has 17 heavy (non-hydrogen) atoms. The molecule has 4 heteroatoms. The van der Waals surface area contributed by atoms with Crippen LogP contribution in [0.25, 0.3) is 11.3 Å². The monoisotopic (exact) mass is 234 g/mol. The van der Waals surface area contributed by atoms with Crippen molar-refractivity contribution in [1.82, 2.24) is 10.3 Å². The molecule has 0 radical (unpaired) electrons. The largest absolute Gasteiger partial charge is 0.441 e. The third-order valence-electron chi connectivity index (χ3n) is 2.45. The van der Waals surface area contributed by atoms with E-state index in [0.717, 1.165) is 25.1 Å². The first-order chi connectivity index (χ1) is 8.29. The van der Waals surface area contributed by atoms with Gasteiger partial charge < -0.3 is 9.73 Å². The van der Waals surface area contributed by atoms with E-state index in [9.17, 15) is 4.39 Å². The van der Waals surface area contributed by atoms with Gasteiger partial charge >= 0.3 is 0 Å². The first-order valence-electron chi connectivity index (χ1n) is 5.71. The third kappa shape index (κ3) is 3.14. The molecule has 0 amide bonds. The normalized spacial score (nSPS) is 10.7. The molecule has 1 N–H and O–H groups in total. The van der Waals surface area contributed by atoms with Crippen LogP contribution >= 0.6 is 0 Å². The van der Waals surface area contributed by atoms with Gasteiger partial charge in [0.2, 0.25) is 0 Å². The highest BCUT2D eigenvalue weighted by atomic mass is 19.1. The summed E-state index contributed by atoms with van der Waals surface area (Å²) in [6.45, 7) is 3.84. The summed E-state index contributed by atoms with van der Waals surface area (Å²) in [7, 11) is 0. The molecule has 0 aliphatic carbocycles. The number of nitrogens with one attached hydrogen (secondary N) is 1. The van der Waals surface area contributed by atoms with Gasteiger partial charge in [0.05, 0.1) is 6.20 Å². The Bertz CT molecular complexity index is 465. The Morgan fingerprint density at radius 3 is 2.76 bits per heavy atom. The molecule has 0 fully saturated rings. The van der Waals surface area contributed by atoms with E-state index in [1.807, 2.05) is 0 Å². The lowest BCUT2D eigenvalue weighted by Crippen LogP contribution is -2.16. The number of likely N-dealkylation sites (N-methyl/N-ethyl adjacent to an activating group) is 1. The van der Waals surface area contributed by atoms with E-state index in [0.29, 0.717) is 11.7 Å². The van der Waals surface area contributed by atoms with Gasteiger partial charge in [-0.1, -0.05) is 6.92 Å². The van der Waals surface area contributed by atoms with Crippen molar-refractivity contribution in [3.05, 3.63) is 42.2 Å². The van der Waals surface area contributed by atoms with Crippen molar-refractivity contribution in [3.8, 4) is 11.3 Å². The number of nitrogens with zero attached hydrogens (tertiary/aromatic N) is 1. The summed E-state index contributed by atoms with van der Waals surface area (Å²) in [6.07, 6.45) is 2.43. The van der Waals surface area contributed by atoms with E-state index in [1.54, 1.807) is 18.3 Å². The Hall–Kier alpha value is -1.68. The lowest BCUT2D eigenvalue weighted by atomic mass is 10.2. The van der Waals surface area contributed by atoms with Crippen LogP contribution in [0, 0.1) is 5.82 Å². The fourth-order valence-corrected chi connectivity index (χ4v) is 1.55. The van der Waals surface area contributed by atoms with Crippen molar-refractivity contribution in [3.63, 3.8) is 0 Å². The Morgan fingerprint density at radius 1 is 1.29 bits per heavy atom. The van der Waals surface area contributed by atoms with Crippen LogP contribution in [-0.2, 0) is 6.42 Å². The fraction of sp³-hybridized carbons (Fsp3) is 0.308. The van der Waals surface area contributed by atoms with Gasteiger partial charge in [0.15, 0.2) is 11.7 Å². The summed E-state index contributed by atoms with van der Waals surface area (Å²) in [4.78, 5) is 4.19. The minimum Gasteiger partial charge on any atom is -0.441 e. The zero-order chi connectivity index (χ0) is 12.1. The molecular formula is C13H15FN2O. The molecule has 0 bridgehead atoms.